The molecule has 0 unspecified atom stereocenters. The van der Waals surface area contributed by atoms with E-state index in [0.29, 0.717) is 11.6 Å². The Balaban J connectivity index is 0.000000438. The number of hydrogen-bond donors (Lipinski definition) is 2. The van der Waals surface area contributed by atoms with E-state index in [4.69, 9.17) is 36.1 Å². The smallest absolute Gasteiger partial charge is 0.414 e. The summed E-state index contributed by atoms with van der Waals surface area (Å²) in [4.78, 5) is 22.6. The van der Waals surface area contributed by atoms with Gasteiger partial charge in [-0.2, -0.15) is 0 Å². The predicted molar refractivity (Wildman–Crippen MR) is 114 cm³/mol. The molecule has 0 saturated heterocycles. The highest BCUT2D eigenvalue weighted by Gasteiger charge is 2.08. The number of halogens is 2. The Morgan fingerprint density at radius 2 is 1.86 bits per heavy atom. The molecule has 2 aromatic carbocycles. The maximum absolute atomic E-state index is 9.10. The zero-order valence-corrected chi connectivity index (χ0v) is 18.0. The molecule has 29 heavy (non-hydrogen) atoms. The van der Waals surface area contributed by atoms with Gasteiger partial charge in [-0.05, 0) is 65.5 Å². The number of aryl methyl sites for hydroxylation is 2. The molecule has 0 aliphatic heterocycles. The number of para-hydroxylation sites is 2. The number of imidazole rings is 1. The summed E-state index contributed by atoms with van der Waals surface area (Å²) in [5.41, 5.74) is 3.33. The molecular formula is C20H20BrClN2O5. The predicted octanol–water partition coefficient (Wildman–Crippen LogP) is 4.78. The third kappa shape index (κ3) is 6.76. The molecule has 0 amide bonds. The van der Waals surface area contributed by atoms with Gasteiger partial charge >= 0.3 is 11.9 Å². The van der Waals surface area contributed by atoms with Crippen LogP contribution in [0.5, 0.6) is 5.75 Å². The second-order valence-electron chi connectivity index (χ2n) is 6.15. The summed E-state index contributed by atoms with van der Waals surface area (Å²) < 4.78 is 8.92. The van der Waals surface area contributed by atoms with E-state index in [1.807, 2.05) is 43.6 Å². The average Bonchev–Trinajstić information content (AvgIpc) is 3.07. The van der Waals surface area contributed by atoms with E-state index in [9.17, 15) is 0 Å². The monoisotopic (exact) mass is 482 g/mol. The number of aliphatic carboxylic acids is 2. The van der Waals surface area contributed by atoms with Gasteiger partial charge in [0.1, 0.15) is 0 Å². The minimum absolute atomic E-state index is 0.647. The number of carbonyl (C=O) groups is 2. The van der Waals surface area contributed by atoms with Crippen molar-refractivity contribution in [1.82, 2.24) is 9.55 Å². The molecule has 0 aliphatic carbocycles. The number of rotatable bonds is 6. The van der Waals surface area contributed by atoms with Gasteiger partial charge in [-0.15, -0.1) is 0 Å². The van der Waals surface area contributed by atoms with Crippen LogP contribution in [0.1, 0.15) is 18.4 Å². The number of carboxylic acids is 2. The van der Waals surface area contributed by atoms with Crippen molar-refractivity contribution in [2.24, 2.45) is 0 Å². The first kappa shape index (κ1) is 22.7. The third-order valence-corrected chi connectivity index (χ3v) is 4.76. The maximum Gasteiger partial charge on any atom is 0.414 e. The van der Waals surface area contributed by atoms with Gasteiger partial charge in [-0.1, -0.05) is 23.7 Å². The van der Waals surface area contributed by atoms with Crippen LogP contribution in [0.15, 0.2) is 47.2 Å². The fourth-order valence-corrected chi connectivity index (χ4v) is 3.70. The fraction of sp³-hybridized carbons (Fsp3) is 0.250. The zero-order chi connectivity index (χ0) is 21.4. The molecule has 3 aromatic rings. The van der Waals surface area contributed by atoms with Crippen LogP contribution in [0.3, 0.4) is 0 Å². The molecule has 0 radical (unpaired) electrons. The van der Waals surface area contributed by atoms with E-state index in [2.05, 4.69) is 31.5 Å². The number of fused-ring (bicyclic) bond motifs is 1. The Morgan fingerprint density at radius 3 is 2.52 bits per heavy atom. The number of ether oxygens (including phenoxy) is 1. The molecule has 3 rings (SSSR count). The molecule has 154 valence electrons. The van der Waals surface area contributed by atoms with Crippen LogP contribution in [-0.2, 0) is 16.1 Å². The topological polar surface area (TPSA) is 102 Å². The SMILES string of the molecule is Cc1cc(Cl)c(OCCCCn2cnc3ccccc32)c(Br)c1.O=C(O)C(=O)O. The van der Waals surface area contributed by atoms with Crippen molar-refractivity contribution < 1.29 is 24.5 Å². The fourth-order valence-electron chi connectivity index (χ4n) is 2.57. The van der Waals surface area contributed by atoms with E-state index >= 15 is 0 Å². The highest BCUT2D eigenvalue weighted by Crippen LogP contribution is 2.34. The molecule has 0 atom stereocenters. The van der Waals surface area contributed by atoms with E-state index in [0.717, 1.165) is 40.7 Å². The molecule has 0 fully saturated rings. The van der Waals surface area contributed by atoms with Crippen LogP contribution in [0.25, 0.3) is 11.0 Å². The van der Waals surface area contributed by atoms with Crippen LogP contribution in [0.2, 0.25) is 5.02 Å². The number of unbranched alkanes of at least 4 members (excludes halogenated alkanes) is 1. The molecule has 0 aliphatic rings. The number of aromatic nitrogens is 2. The third-order valence-electron chi connectivity index (χ3n) is 3.89. The summed E-state index contributed by atoms with van der Waals surface area (Å²) in [6.07, 6.45) is 3.89. The van der Waals surface area contributed by atoms with Gasteiger partial charge in [-0.3, -0.25) is 0 Å². The zero-order valence-electron chi connectivity index (χ0n) is 15.6. The van der Waals surface area contributed by atoms with Gasteiger partial charge in [0.25, 0.3) is 0 Å². The largest absolute Gasteiger partial charge is 0.491 e. The number of carboxylic acid groups (broad SMARTS) is 2. The lowest BCUT2D eigenvalue weighted by Crippen LogP contribution is -2.09. The summed E-state index contributed by atoms with van der Waals surface area (Å²) >= 11 is 9.73. The van der Waals surface area contributed by atoms with Gasteiger partial charge in [0, 0.05) is 6.54 Å². The van der Waals surface area contributed by atoms with E-state index in [1.165, 1.54) is 5.52 Å². The molecule has 0 bridgehead atoms. The Morgan fingerprint density at radius 1 is 1.17 bits per heavy atom. The van der Waals surface area contributed by atoms with Crippen LogP contribution in [-0.4, -0.2) is 38.3 Å². The number of nitrogens with zero attached hydrogens (tertiary/aromatic N) is 2. The molecule has 9 heteroatoms. The Kier molecular flexibility index (Phi) is 8.48. The quantitative estimate of drug-likeness (QED) is 0.387. The van der Waals surface area contributed by atoms with Crippen molar-refractivity contribution in [1.29, 1.82) is 0 Å². The minimum Gasteiger partial charge on any atom is -0.491 e. The number of hydrogen-bond acceptors (Lipinski definition) is 4. The second kappa shape index (κ2) is 10.8. The first-order chi connectivity index (χ1) is 13.8. The van der Waals surface area contributed by atoms with Gasteiger partial charge in [0.15, 0.2) is 5.75 Å². The van der Waals surface area contributed by atoms with Crippen LogP contribution >= 0.6 is 27.5 Å². The normalized spacial score (nSPS) is 10.3. The summed E-state index contributed by atoms with van der Waals surface area (Å²) in [5.74, 6) is -2.92. The van der Waals surface area contributed by atoms with Gasteiger partial charge in [0.2, 0.25) is 0 Å². The number of benzene rings is 2. The Bertz CT molecular complexity index is 970. The van der Waals surface area contributed by atoms with E-state index in [-0.39, 0.29) is 0 Å². The lowest BCUT2D eigenvalue weighted by atomic mass is 10.2. The summed E-state index contributed by atoms with van der Waals surface area (Å²) in [7, 11) is 0. The van der Waals surface area contributed by atoms with Crippen LogP contribution < -0.4 is 4.74 Å². The maximum atomic E-state index is 9.10. The second-order valence-corrected chi connectivity index (χ2v) is 7.41. The van der Waals surface area contributed by atoms with E-state index < -0.39 is 11.9 Å². The first-order valence-electron chi connectivity index (χ1n) is 8.74. The molecule has 1 heterocycles. The van der Waals surface area contributed by atoms with Crippen molar-refractivity contribution in [3.8, 4) is 5.75 Å². The van der Waals surface area contributed by atoms with Crippen molar-refractivity contribution in [2.75, 3.05) is 6.61 Å². The van der Waals surface area contributed by atoms with Crippen molar-refractivity contribution in [3.63, 3.8) is 0 Å². The lowest BCUT2D eigenvalue weighted by Gasteiger charge is -2.11. The molecular weight excluding hydrogens is 464 g/mol. The summed E-state index contributed by atoms with van der Waals surface area (Å²) in [6.45, 7) is 3.59. The molecule has 2 N–H and O–H groups in total. The van der Waals surface area contributed by atoms with Crippen LogP contribution in [0.4, 0.5) is 0 Å². The summed E-state index contributed by atoms with van der Waals surface area (Å²) in [6, 6.07) is 12.1. The Hall–Kier alpha value is -2.58. The highest BCUT2D eigenvalue weighted by atomic mass is 79.9. The lowest BCUT2D eigenvalue weighted by molar-refractivity contribution is -0.159. The van der Waals surface area contributed by atoms with Crippen molar-refractivity contribution in [3.05, 3.63) is 57.8 Å². The van der Waals surface area contributed by atoms with Crippen molar-refractivity contribution >= 4 is 50.5 Å². The van der Waals surface area contributed by atoms with Gasteiger partial charge in [0.05, 0.1) is 33.5 Å². The van der Waals surface area contributed by atoms with Gasteiger partial charge in [-0.25, -0.2) is 14.6 Å². The Labute approximate surface area is 181 Å². The minimum atomic E-state index is -1.82. The van der Waals surface area contributed by atoms with Crippen molar-refractivity contribution in [2.45, 2.75) is 26.3 Å². The molecule has 7 nitrogen and oxygen atoms in total. The summed E-state index contributed by atoms with van der Waals surface area (Å²) in [5, 5.41) is 15.4. The van der Waals surface area contributed by atoms with Crippen LogP contribution in [0, 0.1) is 6.92 Å². The molecule has 1 aromatic heterocycles. The average molecular weight is 484 g/mol. The van der Waals surface area contributed by atoms with Gasteiger partial charge < -0.3 is 19.5 Å². The first-order valence-corrected chi connectivity index (χ1v) is 9.91. The van der Waals surface area contributed by atoms with E-state index in [1.54, 1.807) is 0 Å². The molecule has 0 saturated carbocycles. The molecule has 0 spiro atoms. The standard InChI is InChI=1S/C18H18BrClN2O.C2H2O4/c1-13-10-14(19)18(15(20)11-13)23-9-5-4-8-22-12-21-16-6-2-3-7-17(16)22;3-1(4)2(5)6/h2-3,6-7,10-12H,4-5,8-9H2,1H3;(H,3,4)(H,5,6). The highest BCUT2D eigenvalue weighted by molar-refractivity contribution is 9.10.